The lowest BCUT2D eigenvalue weighted by Gasteiger charge is -2.00. The fourth-order valence-electron chi connectivity index (χ4n) is 1.97. The van der Waals surface area contributed by atoms with Crippen LogP contribution in [0.3, 0.4) is 0 Å². The molecule has 2 aromatic heterocycles. The number of imidazole rings is 1. The number of benzene rings is 1. The Morgan fingerprint density at radius 2 is 1.88 bits per heavy atom. The molecule has 0 atom stereocenters. The Kier molecular flexibility index (Phi) is 2.48. The molecule has 0 saturated heterocycles. The minimum atomic E-state index is 0.956. The van der Waals surface area contributed by atoms with Crippen molar-refractivity contribution < 1.29 is 0 Å². The summed E-state index contributed by atoms with van der Waals surface area (Å²) in [6, 6.07) is 14.3. The van der Waals surface area contributed by atoms with Crippen molar-refractivity contribution in [1.29, 1.82) is 0 Å². The Bertz CT molecular complexity index is 686. The van der Waals surface area contributed by atoms with Gasteiger partial charge in [-0.3, -0.25) is 4.40 Å². The van der Waals surface area contributed by atoms with Crippen molar-refractivity contribution in [1.82, 2.24) is 9.38 Å². The molecule has 0 N–H and O–H groups in total. The van der Waals surface area contributed by atoms with Crippen molar-refractivity contribution in [2.75, 3.05) is 0 Å². The average Bonchev–Trinajstić information content (AvgIpc) is 2.75. The van der Waals surface area contributed by atoms with Gasteiger partial charge in [0.2, 0.25) is 0 Å². The molecule has 0 unspecified atom stereocenters. The number of pyridine rings is 1. The zero-order chi connectivity index (χ0) is 11.8. The summed E-state index contributed by atoms with van der Waals surface area (Å²) in [5.41, 5.74) is 4.39. The van der Waals surface area contributed by atoms with Crippen molar-refractivity contribution in [2.45, 2.75) is 6.92 Å². The first-order chi connectivity index (χ1) is 8.25. The largest absolute Gasteiger partial charge is 0.293 e. The fourth-order valence-corrected chi connectivity index (χ4v) is 2.40. The van der Waals surface area contributed by atoms with Crippen LogP contribution >= 0.6 is 15.9 Å². The summed E-state index contributed by atoms with van der Waals surface area (Å²) in [7, 11) is 0. The van der Waals surface area contributed by atoms with Crippen LogP contribution in [-0.4, -0.2) is 9.38 Å². The van der Waals surface area contributed by atoms with E-state index >= 15 is 0 Å². The highest BCUT2D eigenvalue weighted by molar-refractivity contribution is 9.10. The second-order valence-corrected chi connectivity index (χ2v) is 4.83. The number of rotatable bonds is 1. The van der Waals surface area contributed by atoms with Gasteiger partial charge in [-0.1, -0.05) is 30.3 Å². The van der Waals surface area contributed by atoms with Gasteiger partial charge in [0.15, 0.2) is 0 Å². The Morgan fingerprint density at radius 1 is 1.06 bits per heavy atom. The van der Waals surface area contributed by atoms with E-state index in [-0.39, 0.29) is 0 Å². The molecule has 0 bridgehead atoms. The molecule has 0 spiro atoms. The summed E-state index contributed by atoms with van der Waals surface area (Å²) in [6.45, 7) is 2.11. The highest BCUT2D eigenvalue weighted by atomic mass is 79.9. The number of aromatic nitrogens is 2. The van der Waals surface area contributed by atoms with Crippen LogP contribution in [0.5, 0.6) is 0 Å². The van der Waals surface area contributed by atoms with Crippen LogP contribution < -0.4 is 0 Å². The van der Waals surface area contributed by atoms with E-state index in [2.05, 4.69) is 46.2 Å². The van der Waals surface area contributed by atoms with Gasteiger partial charge < -0.3 is 0 Å². The quantitative estimate of drug-likeness (QED) is 0.617. The summed E-state index contributed by atoms with van der Waals surface area (Å²) < 4.78 is 3.06. The molecular formula is C14H11BrN2. The number of hydrogen-bond acceptors (Lipinski definition) is 1. The second-order valence-electron chi connectivity index (χ2n) is 4.02. The maximum absolute atomic E-state index is 4.64. The first-order valence-electron chi connectivity index (χ1n) is 5.45. The molecule has 0 aliphatic carbocycles. The zero-order valence-corrected chi connectivity index (χ0v) is 11.0. The lowest BCUT2D eigenvalue weighted by Crippen LogP contribution is -1.82. The van der Waals surface area contributed by atoms with E-state index in [1.54, 1.807) is 0 Å². The highest BCUT2D eigenvalue weighted by Crippen LogP contribution is 2.24. The van der Waals surface area contributed by atoms with Crippen LogP contribution in [0.1, 0.15) is 5.56 Å². The Hall–Kier alpha value is -1.61. The number of halogens is 1. The van der Waals surface area contributed by atoms with Crippen LogP contribution in [0, 0.1) is 6.92 Å². The number of nitrogens with zero attached hydrogens (tertiary/aromatic N) is 2. The zero-order valence-electron chi connectivity index (χ0n) is 9.39. The minimum absolute atomic E-state index is 0.956. The van der Waals surface area contributed by atoms with Crippen LogP contribution in [0.25, 0.3) is 16.9 Å². The van der Waals surface area contributed by atoms with Gasteiger partial charge in [0, 0.05) is 11.8 Å². The third kappa shape index (κ3) is 1.76. The first-order valence-corrected chi connectivity index (χ1v) is 6.24. The van der Waals surface area contributed by atoms with Gasteiger partial charge >= 0.3 is 0 Å². The summed E-state index contributed by atoms with van der Waals surface area (Å²) in [6.07, 6.45) is 2.06. The minimum Gasteiger partial charge on any atom is -0.293 e. The van der Waals surface area contributed by atoms with E-state index in [0.717, 1.165) is 15.9 Å². The summed E-state index contributed by atoms with van der Waals surface area (Å²) >= 11 is 3.52. The molecule has 84 valence electrons. The van der Waals surface area contributed by atoms with Crippen LogP contribution in [0.2, 0.25) is 0 Å². The van der Waals surface area contributed by atoms with E-state index in [1.807, 2.05) is 34.7 Å². The topological polar surface area (TPSA) is 17.3 Å². The third-order valence-corrected chi connectivity index (χ3v) is 3.51. The lowest BCUT2D eigenvalue weighted by atomic mass is 10.1. The van der Waals surface area contributed by atoms with Gasteiger partial charge in [-0.2, -0.15) is 0 Å². The van der Waals surface area contributed by atoms with Gasteiger partial charge in [-0.25, -0.2) is 4.98 Å². The summed E-state index contributed by atoms with van der Waals surface area (Å²) in [5.74, 6) is 0. The third-order valence-electron chi connectivity index (χ3n) is 2.86. The van der Waals surface area contributed by atoms with Gasteiger partial charge in [-0.15, -0.1) is 0 Å². The molecule has 0 amide bonds. The lowest BCUT2D eigenvalue weighted by molar-refractivity contribution is 1.14. The van der Waals surface area contributed by atoms with Gasteiger partial charge in [0.1, 0.15) is 5.65 Å². The normalized spacial score (nSPS) is 10.9. The number of fused-ring (bicyclic) bond motifs is 1. The summed E-state index contributed by atoms with van der Waals surface area (Å²) in [5, 5.41) is 0. The molecule has 17 heavy (non-hydrogen) atoms. The standard InChI is InChI=1S/C14H11BrN2/c1-10-5-2-3-6-11(10)12-9-17-13(15)7-4-8-14(17)16-12/h2-9H,1H3. The van der Waals surface area contributed by atoms with Crippen LogP contribution in [-0.2, 0) is 0 Å². The molecule has 0 radical (unpaired) electrons. The molecule has 1 aromatic carbocycles. The van der Waals surface area contributed by atoms with Crippen molar-refractivity contribution in [3.8, 4) is 11.3 Å². The smallest absolute Gasteiger partial charge is 0.138 e. The Balaban J connectivity index is 2.26. The van der Waals surface area contributed by atoms with Gasteiger partial charge in [0.05, 0.1) is 10.3 Å². The van der Waals surface area contributed by atoms with Crippen molar-refractivity contribution in [2.24, 2.45) is 0 Å². The molecule has 2 heterocycles. The van der Waals surface area contributed by atoms with Crippen LogP contribution in [0.15, 0.2) is 53.3 Å². The molecule has 0 aliphatic rings. The molecule has 0 fully saturated rings. The maximum atomic E-state index is 4.64. The van der Waals surface area contributed by atoms with Crippen LogP contribution in [0.4, 0.5) is 0 Å². The SMILES string of the molecule is Cc1ccccc1-c1cn2c(Br)cccc2n1. The predicted molar refractivity (Wildman–Crippen MR) is 73.1 cm³/mol. The maximum Gasteiger partial charge on any atom is 0.138 e. The molecule has 0 saturated carbocycles. The molecule has 3 heteroatoms. The predicted octanol–water partition coefficient (Wildman–Crippen LogP) is 4.07. The molecule has 3 aromatic rings. The first kappa shape index (κ1) is 10.5. The van der Waals surface area contributed by atoms with E-state index in [0.29, 0.717) is 0 Å². The molecule has 0 aliphatic heterocycles. The Labute approximate surface area is 108 Å². The molecule has 2 nitrogen and oxygen atoms in total. The second kappa shape index (κ2) is 4.00. The Morgan fingerprint density at radius 3 is 2.65 bits per heavy atom. The highest BCUT2D eigenvalue weighted by Gasteiger charge is 2.07. The van der Waals surface area contributed by atoms with Crippen molar-refractivity contribution in [3.63, 3.8) is 0 Å². The van der Waals surface area contributed by atoms with E-state index < -0.39 is 0 Å². The monoisotopic (exact) mass is 286 g/mol. The van der Waals surface area contributed by atoms with E-state index in [1.165, 1.54) is 11.1 Å². The average molecular weight is 287 g/mol. The van der Waals surface area contributed by atoms with E-state index in [9.17, 15) is 0 Å². The molecular weight excluding hydrogens is 276 g/mol. The molecule has 3 rings (SSSR count). The van der Waals surface area contributed by atoms with Gasteiger partial charge in [0.25, 0.3) is 0 Å². The number of hydrogen-bond donors (Lipinski definition) is 0. The number of aryl methyl sites for hydroxylation is 1. The summed E-state index contributed by atoms with van der Waals surface area (Å²) in [4.78, 5) is 4.64. The van der Waals surface area contributed by atoms with Crippen molar-refractivity contribution >= 4 is 21.6 Å². The van der Waals surface area contributed by atoms with E-state index in [4.69, 9.17) is 0 Å². The van der Waals surface area contributed by atoms with Crippen molar-refractivity contribution in [3.05, 3.63) is 58.8 Å². The van der Waals surface area contributed by atoms with Gasteiger partial charge in [-0.05, 0) is 40.5 Å². The fraction of sp³-hybridized carbons (Fsp3) is 0.0714.